The Morgan fingerprint density at radius 1 is 1.18 bits per heavy atom. The van der Waals surface area contributed by atoms with Gasteiger partial charge < -0.3 is 5.32 Å². The molecule has 0 unspecified atom stereocenters. The van der Waals surface area contributed by atoms with Crippen molar-refractivity contribution in [3.63, 3.8) is 0 Å². The van der Waals surface area contributed by atoms with E-state index in [0.29, 0.717) is 25.1 Å². The van der Waals surface area contributed by atoms with E-state index >= 15 is 0 Å². The van der Waals surface area contributed by atoms with E-state index in [-0.39, 0.29) is 0 Å². The Bertz CT molecular complexity index is 450. The number of aromatic amines is 1. The number of halogens is 2. The number of aromatic nitrogens is 3. The van der Waals surface area contributed by atoms with Crippen LogP contribution in [0.3, 0.4) is 0 Å². The second-order valence-electron chi connectivity index (χ2n) is 3.64. The highest BCUT2D eigenvalue weighted by molar-refractivity contribution is 5.17. The minimum Gasteiger partial charge on any atom is -0.312 e. The first-order chi connectivity index (χ1) is 8.24. The van der Waals surface area contributed by atoms with Crippen molar-refractivity contribution >= 4 is 0 Å². The van der Waals surface area contributed by atoms with Gasteiger partial charge in [0.1, 0.15) is 23.8 Å². The van der Waals surface area contributed by atoms with Crippen LogP contribution in [0.4, 0.5) is 8.78 Å². The summed E-state index contributed by atoms with van der Waals surface area (Å²) in [5.41, 5.74) is 0.583. The maximum Gasteiger partial charge on any atom is 0.137 e. The fourth-order valence-electron chi connectivity index (χ4n) is 1.50. The zero-order valence-electron chi connectivity index (χ0n) is 9.08. The lowest BCUT2D eigenvalue weighted by molar-refractivity contribution is 0.574. The Kier molecular flexibility index (Phi) is 3.77. The maximum absolute atomic E-state index is 12.9. The molecule has 2 N–H and O–H groups in total. The Morgan fingerprint density at radius 2 is 1.94 bits per heavy atom. The molecule has 0 spiro atoms. The van der Waals surface area contributed by atoms with Crippen LogP contribution in [0.1, 0.15) is 11.4 Å². The molecule has 90 valence electrons. The molecule has 0 bridgehead atoms. The Morgan fingerprint density at radius 3 is 2.59 bits per heavy atom. The minimum atomic E-state index is -0.558. The third-order valence-electron chi connectivity index (χ3n) is 2.25. The molecule has 4 nitrogen and oxygen atoms in total. The Balaban J connectivity index is 1.78. The highest BCUT2D eigenvalue weighted by Crippen LogP contribution is 2.07. The van der Waals surface area contributed by atoms with E-state index in [9.17, 15) is 8.78 Å². The summed E-state index contributed by atoms with van der Waals surface area (Å²) in [5, 5.41) is 9.53. The molecule has 0 aliphatic heterocycles. The summed E-state index contributed by atoms with van der Waals surface area (Å²) in [4.78, 5) is 3.96. The first-order valence-corrected chi connectivity index (χ1v) is 5.24. The molecule has 0 aliphatic carbocycles. The lowest BCUT2D eigenvalue weighted by Crippen LogP contribution is -2.17. The summed E-state index contributed by atoms with van der Waals surface area (Å²) in [6.45, 7) is 1.08. The van der Waals surface area contributed by atoms with Crippen molar-refractivity contribution in [2.75, 3.05) is 6.54 Å². The predicted molar refractivity (Wildman–Crippen MR) is 58.2 cm³/mol. The summed E-state index contributed by atoms with van der Waals surface area (Å²) >= 11 is 0. The maximum atomic E-state index is 12.9. The number of H-pyrrole nitrogens is 1. The van der Waals surface area contributed by atoms with Crippen LogP contribution in [0.25, 0.3) is 0 Å². The predicted octanol–water partition coefficient (Wildman–Crippen LogP) is 1.42. The van der Waals surface area contributed by atoms with Crippen LogP contribution < -0.4 is 5.32 Å². The van der Waals surface area contributed by atoms with E-state index in [1.54, 1.807) is 0 Å². The monoisotopic (exact) mass is 238 g/mol. The van der Waals surface area contributed by atoms with E-state index in [1.807, 2.05) is 0 Å². The van der Waals surface area contributed by atoms with Crippen molar-refractivity contribution in [2.24, 2.45) is 0 Å². The van der Waals surface area contributed by atoms with Gasteiger partial charge >= 0.3 is 0 Å². The van der Waals surface area contributed by atoms with Gasteiger partial charge in [-0.25, -0.2) is 13.8 Å². The van der Waals surface area contributed by atoms with Gasteiger partial charge in [0.2, 0.25) is 0 Å². The SMILES string of the molecule is Fc1cc(F)cc(CNCCc2ncn[nH]2)c1. The molecule has 0 fully saturated rings. The third-order valence-corrected chi connectivity index (χ3v) is 2.25. The molecule has 0 atom stereocenters. The standard InChI is InChI=1S/C11H12F2N4/c12-9-3-8(4-10(13)5-9)6-14-2-1-11-15-7-16-17-11/h3-5,7,14H,1-2,6H2,(H,15,16,17). The molecular formula is C11H12F2N4. The second kappa shape index (κ2) is 5.49. The van der Waals surface area contributed by atoms with Crippen LogP contribution in [0, 0.1) is 11.6 Å². The zero-order chi connectivity index (χ0) is 12.1. The summed E-state index contributed by atoms with van der Waals surface area (Å²) in [7, 11) is 0. The highest BCUT2D eigenvalue weighted by atomic mass is 19.1. The molecule has 2 rings (SSSR count). The van der Waals surface area contributed by atoms with Gasteiger partial charge in [-0.05, 0) is 17.7 Å². The smallest absolute Gasteiger partial charge is 0.137 e. The lowest BCUT2D eigenvalue weighted by atomic mass is 10.2. The van der Waals surface area contributed by atoms with Gasteiger partial charge in [-0.15, -0.1) is 0 Å². The van der Waals surface area contributed by atoms with Gasteiger partial charge in [0.05, 0.1) is 0 Å². The van der Waals surface area contributed by atoms with Gasteiger partial charge in [0.25, 0.3) is 0 Å². The van der Waals surface area contributed by atoms with E-state index in [4.69, 9.17) is 0 Å². The molecule has 6 heteroatoms. The zero-order valence-corrected chi connectivity index (χ0v) is 9.08. The molecular weight excluding hydrogens is 226 g/mol. The Hall–Kier alpha value is -1.82. The average Bonchev–Trinajstić information content (AvgIpc) is 2.76. The number of nitrogens with one attached hydrogen (secondary N) is 2. The highest BCUT2D eigenvalue weighted by Gasteiger charge is 2.00. The van der Waals surface area contributed by atoms with Crippen molar-refractivity contribution in [3.05, 3.63) is 47.5 Å². The average molecular weight is 238 g/mol. The van der Waals surface area contributed by atoms with E-state index < -0.39 is 11.6 Å². The van der Waals surface area contributed by atoms with Crippen LogP contribution in [0.15, 0.2) is 24.5 Å². The van der Waals surface area contributed by atoms with Gasteiger partial charge in [-0.1, -0.05) is 0 Å². The van der Waals surface area contributed by atoms with Crippen LogP contribution in [-0.2, 0) is 13.0 Å². The van der Waals surface area contributed by atoms with E-state index in [2.05, 4.69) is 20.5 Å². The topological polar surface area (TPSA) is 53.6 Å². The number of nitrogens with zero attached hydrogens (tertiary/aromatic N) is 2. The minimum absolute atomic E-state index is 0.419. The fourth-order valence-corrected chi connectivity index (χ4v) is 1.50. The molecule has 1 aromatic heterocycles. The largest absolute Gasteiger partial charge is 0.312 e. The first kappa shape index (κ1) is 11.7. The number of hydrogen-bond acceptors (Lipinski definition) is 3. The van der Waals surface area contributed by atoms with Crippen LogP contribution >= 0.6 is 0 Å². The van der Waals surface area contributed by atoms with Crippen LogP contribution in [0.2, 0.25) is 0 Å². The van der Waals surface area contributed by atoms with Gasteiger partial charge in [0, 0.05) is 25.6 Å². The van der Waals surface area contributed by atoms with E-state index in [0.717, 1.165) is 11.9 Å². The van der Waals surface area contributed by atoms with Crippen molar-refractivity contribution in [1.29, 1.82) is 0 Å². The lowest BCUT2D eigenvalue weighted by Gasteiger charge is -2.04. The van der Waals surface area contributed by atoms with Crippen LogP contribution in [0.5, 0.6) is 0 Å². The number of benzene rings is 1. The summed E-state index contributed by atoms with van der Waals surface area (Å²) in [6.07, 6.45) is 2.13. The Labute approximate surface area is 97.1 Å². The van der Waals surface area contributed by atoms with E-state index in [1.165, 1.54) is 18.5 Å². The van der Waals surface area contributed by atoms with Crippen molar-refractivity contribution < 1.29 is 8.78 Å². The molecule has 0 aliphatic rings. The molecule has 0 saturated heterocycles. The van der Waals surface area contributed by atoms with Gasteiger partial charge in [-0.2, -0.15) is 5.10 Å². The summed E-state index contributed by atoms with van der Waals surface area (Å²) in [5.74, 6) is -0.336. The molecule has 1 heterocycles. The number of rotatable bonds is 5. The van der Waals surface area contributed by atoms with Crippen LogP contribution in [-0.4, -0.2) is 21.7 Å². The second-order valence-corrected chi connectivity index (χ2v) is 3.64. The normalized spacial score (nSPS) is 10.7. The third kappa shape index (κ3) is 3.60. The van der Waals surface area contributed by atoms with Gasteiger partial charge in [-0.3, -0.25) is 5.10 Å². The van der Waals surface area contributed by atoms with Gasteiger partial charge in [0.15, 0.2) is 0 Å². The fraction of sp³-hybridized carbons (Fsp3) is 0.273. The van der Waals surface area contributed by atoms with Crippen molar-refractivity contribution in [2.45, 2.75) is 13.0 Å². The van der Waals surface area contributed by atoms with Crippen molar-refractivity contribution in [1.82, 2.24) is 20.5 Å². The molecule has 0 saturated carbocycles. The summed E-state index contributed by atoms with van der Waals surface area (Å²) < 4.78 is 25.7. The molecule has 0 amide bonds. The number of hydrogen-bond donors (Lipinski definition) is 2. The molecule has 0 radical (unpaired) electrons. The molecule has 2 aromatic rings. The summed E-state index contributed by atoms with van der Waals surface area (Å²) in [6, 6.07) is 3.48. The quantitative estimate of drug-likeness (QED) is 0.774. The van der Waals surface area contributed by atoms with Crippen molar-refractivity contribution in [3.8, 4) is 0 Å². The first-order valence-electron chi connectivity index (χ1n) is 5.24. The molecule has 1 aromatic carbocycles. The molecule has 17 heavy (non-hydrogen) atoms.